The molecule has 2 aromatic rings. The second-order valence-corrected chi connectivity index (χ2v) is 7.22. The van der Waals surface area contributed by atoms with Crippen LogP contribution in [-0.2, 0) is 16.9 Å². The summed E-state index contributed by atoms with van der Waals surface area (Å²) in [5, 5.41) is 2.60. The van der Waals surface area contributed by atoms with Gasteiger partial charge in [-0.15, -0.1) is 0 Å². The van der Waals surface area contributed by atoms with Gasteiger partial charge in [0.2, 0.25) is 0 Å². The summed E-state index contributed by atoms with van der Waals surface area (Å²) in [5.41, 5.74) is -0.277. The number of hydrogen-bond acceptors (Lipinski definition) is 3. The van der Waals surface area contributed by atoms with E-state index < -0.39 is 42.5 Å². The summed E-state index contributed by atoms with van der Waals surface area (Å²) in [6, 6.07) is 9.22. The largest absolute Gasteiger partial charge is 0.406 e. The molecule has 1 aliphatic heterocycles. The molecule has 1 fully saturated rings. The average molecular weight is 407 g/mol. The molecular formula is C20H20F3N3O3. The van der Waals surface area contributed by atoms with Gasteiger partial charge in [0.1, 0.15) is 12.1 Å². The number of benzene rings is 1. The van der Waals surface area contributed by atoms with Gasteiger partial charge in [0.15, 0.2) is 5.78 Å². The van der Waals surface area contributed by atoms with Crippen molar-refractivity contribution in [2.45, 2.75) is 39.0 Å². The van der Waals surface area contributed by atoms with E-state index in [0.29, 0.717) is 5.56 Å². The molecular weight excluding hydrogens is 387 g/mol. The van der Waals surface area contributed by atoms with E-state index in [-0.39, 0.29) is 17.0 Å². The third kappa shape index (κ3) is 3.76. The van der Waals surface area contributed by atoms with E-state index in [2.05, 4.69) is 5.32 Å². The molecule has 1 atom stereocenters. The lowest BCUT2D eigenvalue weighted by Crippen LogP contribution is -2.41. The predicted molar refractivity (Wildman–Crippen MR) is 98.3 cm³/mol. The number of ketones is 1. The van der Waals surface area contributed by atoms with Gasteiger partial charge in [-0.25, -0.2) is 4.79 Å². The van der Waals surface area contributed by atoms with Crippen molar-refractivity contribution in [3.05, 3.63) is 58.9 Å². The Bertz CT molecular complexity index is 982. The van der Waals surface area contributed by atoms with Crippen molar-refractivity contribution in [3.63, 3.8) is 0 Å². The van der Waals surface area contributed by atoms with Crippen LogP contribution in [0.3, 0.4) is 0 Å². The van der Waals surface area contributed by atoms with Crippen molar-refractivity contribution in [1.29, 1.82) is 0 Å². The third-order valence-electron chi connectivity index (χ3n) is 5.14. The highest BCUT2D eigenvalue weighted by atomic mass is 19.4. The maximum Gasteiger partial charge on any atom is 0.406 e. The molecule has 1 saturated heterocycles. The lowest BCUT2D eigenvalue weighted by atomic mass is 9.92. The summed E-state index contributed by atoms with van der Waals surface area (Å²) in [5.74, 6) is -1.20. The highest BCUT2D eigenvalue weighted by Gasteiger charge is 2.49. The lowest BCUT2D eigenvalue weighted by molar-refractivity contribution is -0.141. The highest BCUT2D eigenvalue weighted by molar-refractivity contribution is 6.11. The van der Waals surface area contributed by atoms with Crippen molar-refractivity contribution in [1.82, 2.24) is 14.8 Å². The van der Waals surface area contributed by atoms with Crippen LogP contribution in [0.1, 0.15) is 34.2 Å². The average Bonchev–Trinajstić information content (AvgIpc) is 3.04. The van der Waals surface area contributed by atoms with Gasteiger partial charge in [0.25, 0.3) is 5.91 Å². The van der Waals surface area contributed by atoms with Crippen LogP contribution < -0.4 is 5.32 Å². The summed E-state index contributed by atoms with van der Waals surface area (Å²) < 4.78 is 39.3. The first-order valence-corrected chi connectivity index (χ1v) is 8.90. The molecule has 3 amide bonds. The number of carbonyl (C=O) groups is 3. The number of amides is 3. The number of nitrogens with zero attached hydrogens (tertiary/aromatic N) is 2. The summed E-state index contributed by atoms with van der Waals surface area (Å²) in [6.07, 6.45) is -4.43. The molecule has 0 spiro atoms. The second kappa shape index (κ2) is 7.06. The Morgan fingerprint density at radius 3 is 2.34 bits per heavy atom. The molecule has 0 radical (unpaired) electrons. The van der Waals surface area contributed by atoms with Crippen LogP contribution >= 0.6 is 0 Å². The van der Waals surface area contributed by atoms with Gasteiger partial charge >= 0.3 is 12.2 Å². The molecule has 9 heteroatoms. The Morgan fingerprint density at radius 2 is 1.76 bits per heavy atom. The maximum absolute atomic E-state index is 12.9. The SMILES string of the molecule is Cc1cc(C(=O)CN2C(=O)NC(C)(c3ccccc3)C2=O)c(C)n1CC(F)(F)F. The van der Waals surface area contributed by atoms with E-state index in [4.69, 9.17) is 0 Å². The van der Waals surface area contributed by atoms with E-state index >= 15 is 0 Å². The first kappa shape index (κ1) is 20.6. The first-order valence-electron chi connectivity index (χ1n) is 8.90. The molecule has 1 unspecified atom stereocenters. The third-order valence-corrected chi connectivity index (χ3v) is 5.14. The monoisotopic (exact) mass is 407 g/mol. The summed E-state index contributed by atoms with van der Waals surface area (Å²) in [4.78, 5) is 38.8. The number of carbonyl (C=O) groups excluding carboxylic acids is 3. The number of halogens is 3. The van der Waals surface area contributed by atoms with E-state index in [1.807, 2.05) is 0 Å². The number of alkyl halides is 3. The molecule has 2 heterocycles. The normalized spacial score (nSPS) is 19.6. The smallest absolute Gasteiger partial charge is 0.339 e. The summed E-state index contributed by atoms with van der Waals surface area (Å²) in [6.45, 7) is 2.65. The van der Waals surface area contributed by atoms with E-state index in [0.717, 1.165) is 9.47 Å². The number of Topliss-reactive ketones (excluding diaryl/α,β-unsaturated/α-hetero) is 1. The molecule has 1 aromatic carbocycles. The Hall–Kier alpha value is -3.10. The van der Waals surface area contributed by atoms with Gasteiger partial charge < -0.3 is 9.88 Å². The number of aryl methyl sites for hydroxylation is 1. The fourth-order valence-electron chi connectivity index (χ4n) is 3.54. The minimum Gasteiger partial charge on any atom is -0.339 e. The van der Waals surface area contributed by atoms with Gasteiger partial charge in [-0.1, -0.05) is 30.3 Å². The Labute approximate surface area is 165 Å². The zero-order valence-electron chi connectivity index (χ0n) is 16.1. The van der Waals surface area contributed by atoms with Gasteiger partial charge in [-0.05, 0) is 32.4 Å². The number of rotatable bonds is 5. The van der Waals surface area contributed by atoms with Crippen LogP contribution in [0.5, 0.6) is 0 Å². The van der Waals surface area contributed by atoms with Crippen molar-refractivity contribution in [3.8, 4) is 0 Å². The number of hydrogen-bond donors (Lipinski definition) is 1. The number of aromatic nitrogens is 1. The molecule has 0 aliphatic carbocycles. The molecule has 0 bridgehead atoms. The standard InChI is InChI=1S/C20H20F3N3O3/c1-12-9-15(13(2)26(12)11-20(21,22)23)16(27)10-25-17(28)19(3,24-18(25)29)14-7-5-4-6-8-14/h4-9H,10-11H2,1-3H3,(H,24,29). The predicted octanol–water partition coefficient (Wildman–Crippen LogP) is 3.32. The number of urea groups is 1. The van der Waals surface area contributed by atoms with Gasteiger partial charge in [0, 0.05) is 17.0 Å². The lowest BCUT2D eigenvalue weighted by Gasteiger charge is -2.22. The maximum atomic E-state index is 12.9. The molecule has 29 heavy (non-hydrogen) atoms. The fourth-order valence-corrected chi connectivity index (χ4v) is 3.54. The molecule has 1 N–H and O–H groups in total. The van der Waals surface area contributed by atoms with Crippen LogP contribution in [-0.4, -0.2) is 39.9 Å². The Morgan fingerprint density at radius 1 is 1.14 bits per heavy atom. The van der Waals surface area contributed by atoms with Gasteiger partial charge in [-0.2, -0.15) is 13.2 Å². The Kier molecular flexibility index (Phi) is 5.02. The van der Waals surface area contributed by atoms with Crippen molar-refractivity contribution in [2.75, 3.05) is 6.54 Å². The summed E-state index contributed by atoms with van der Waals surface area (Å²) in [7, 11) is 0. The molecule has 1 aromatic heterocycles. The minimum absolute atomic E-state index is 0.0562. The van der Waals surface area contributed by atoms with Crippen LogP contribution in [0.2, 0.25) is 0 Å². The van der Waals surface area contributed by atoms with E-state index in [9.17, 15) is 27.6 Å². The number of nitrogens with one attached hydrogen (secondary N) is 1. The quantitative estimate of drug-likeness (QED) is 0.611. The van der Waals surface area contributed by atoms with Crippen LogP contribution in [0, 0.1) is 13.8 Å². The van der Waals surface area contributed by atoms with Crippen LogP contribution in [0.25, 0.3) is 0 Å². The van der Waals surface area contributed by atoms with Crippen molar-refractivity contribution in [2.24, 2.45) is 0 Å². The van der Waals surface area contributed by atoms with Crippen LogP contribution in [0.15, 0.2) is 36.4 Å². The van der Waals surface area contributed by atoms with E-state index in [1.165, 1.54) is 19.9 Å². The molecule has 154 valence electrons. The molecule has 6 nitrogen and oxygen atoms in total. The van der Waals surface area contributed by atoms with Crippen molar-refractivity contribution >= 4 is 17.7 Å². The highest BCUT2D eigenvalue weighted by Crippen LogP contribution is 2.29. The number of imide groups is 1. The second-order valence-electron chi connectivity index (χ2n) is 7.22. The molecule has 3 rings (SSSR count). The zero-order valence-corrected chi connectivity index (χ0v) is 16.1. The minimum atomic E-state index is -4.43. The van der Waals surface area contributed by atoms with Crippen molar-refractivity contribution < 1.29 is 27.6 Å². The van der Waals surface area contributed by atoms with E-state index in [1.54, 1.807) is 37.3 Å². The molecule has 0 saturated carbocycles. The first-order chi connectivity index (χ1) is 13.4. The van der Waals surface area contributed by atoms with Gasteiger partial charge in [0.05, 0.1) is 6.54 Å². The topological polar surface area (TPSA) is 71.4 Å². The van der Waals surface area contributed by atoms with Gasteiger partial charge in [-0.3, -0.25) is 14.5 Å². The Balaban J connectivity index is 1.84. The fraction of sp³-hybridized carbons (Fsp3) is 0.350. The molecule has 1 aliphatic rings. The zero-order chi connectivity index (χ0) is 21.6. The van der Waals surface area contributed by atoms with Crippen LogP contribution in [0.4, 0.5) is 18.0 Å². The summed E-state index contributed by atoms with van der Waals surface area (Å²) >= 11 is 0.